The third kappa shape index (κ3) is 4.37. The molecule has 2 fully saturated rings. The number of alkyl halides is 2. The maximum Gasteiger partial charge on any atom is 0.257 e. The lowest BCUT2D eigenvalue weighted by Gasteiger charge is -2.11. The van der Waals surface area contributed by atoms with Crippen LogP contribution in [-0.2, 0) is 14.6 Å². The molecule has 2 aromatic rings. The fourth-order valence-electron chi connectivity index (χ4n) is 3.43. The van der Waals surface area contributed by atoms with Crippen molar-refractivity contribution >= 4 is 38.0 Å². The zero-order valence-electron chi connectivity index (χ0n) is 15.3. The van der Waals surface area contributed by atoms with Crippen LogP contribution in [0.1, 0.15) is 31.2 Å². The van der Waals surface area contributed by atoms with E-state index in [1.807, 2.05) is 0 Å². The van der Waals surface area contributed by atoms with Gasteiger partial charge in [-0.25, -0.2) is 22.2 Å². The van der Waals surface area contributed by atoms with Crippen LogP contribution in [0.4, 0.5) is 13.9 Å². The van der Waals surface area contributed by atoms with Crippen molar-refractivity contribution in [3.63, 3.8) is 0 Å². The van der Waals surface area contributed by atoms with Gasteiger partial charge >= 0.3 is 0 Å². The van der Waals surface area contributed by atoms with Gasteiger partial charge in [0.2, 0.25) is 5.13 Å². The fraction of sp³-hybridized carbons (Fsp3) is 0.421. The number of hydrogen-bond acceptors (Lipinski definition) is 6. The average molecular weight is 440 g/mol. The summed E-state index contributed by atoms with van der Waals surface area (Å²) < 4.78 is 55.8. The summed E-state index contributed by atoms with van der Waals surface area (Å²) >= 11 is 1.00. The molecule has 0 radical (unpaired) electrons. The van der Waals surface area contributed by atoms with E-state index in [-0.39, 0.29) is 28.6 Å². The summed E-state index contributed by atoms with van der Waals surface area (Å²) in [5.41, 5.74) is 0.696. The summed E-state index contributed by atoms with van der Waals surface area (Å²) in [6.07, 6.45) is 1.11. The lowest BCUT2D eigenvalue weighted by Crippen LogP contribution is -2.15. The highest BCUT2D eigenvalue weighted by Crippen LogP contribution is 2.36. The van der Waals surface area contributed by atoms with E-state index in [9.17, 15) is 22.0 Å². The van der Waals surface area contributed by atoms with Crippen molar-refractivity contribution < 1.29 is 22.0 Å². The molecule has 0 spiro atoms. The average Bonchev–Trinajstić information content (AvgIpc) is 3.36. The van der Waals surface area contributed by atoms with Gasteiger partial charge in [0.15, 0.2) is 9.84 Å². The van der Waals surface area contributed by atoms with Crippen molar-refractivity contribution in [1.29, 1.82) is 0 Å². The third-order valence-electron chi connectivity index (χ3n) is 5.13. The molecule has 10 heteroatoms. The molecule has 0 saturated heterocycles. The Hall–Kier alpha value is -2.20. The van der Waals surface area contributed by atoms with Crippen molar-refractivity contribution in [2.75, 3.05) is 5.32 Å². The van der Waals surface area contributed by atoms with Gasteiger partial charge < -0.3 is 0 Å². The van der Waals surface area contributed by atoms with Crippen LogP contribution in [0.5, 0.6) is 0 Å². The largest absolute Gasteiger partial charge is 0.297 e. The van der Waals surface area contributed by atoms with Gasteiger partial charge in [-0.05, 0) is 49.3 Å². The second-order valence-corrected chi connectivity index (χ2v) is 10.3. The van der Waals surface area contributed by atoms with Gasteiger partial charge in [-0.3, -0.25) is 10.1 Å². The first-order valence-corrected chi connectivity index (χ1v) is 11.6. The number of carbonyl (C=O) groups excluding carboxylic acids is 1. The number of aromatic nitrogens is 2. The Kier molecular flexibility index (Phi) is 5.48. The maximum atomic E-state index is 13.6. The number of hydrogen-bond donors (Lipinski definition) is 1. The fourth-order valence-corrected chi connectivity index (χ4v) is 5.52. The van der Waals surface area contributed by atoms with Gasteiger partial charge in [-0.1, -0.05) is 18.2 Å². The minimum absolute atomic E-state index is 0.00486. The Balaban J connectivity index is 1.63. The van der Waals surface area contributed by atoms with Crippen LogP contribution in [0.3, 0.4) is 0 Å². The zero-order valence-corrected chi connectivity index (χ0v) is 16.9. The van der Waals surface area contributed by atoms with Crippen molar-refractivity contribution in [2.24, 2.45) is 5.92 Å². The van der Waals surface area contributed by atoms with E-state index in [0.29, 0.717) is 23.5 Å². The van der Waals surface area contributed by atoms with E-state index in [2.05, 4.69) is 14.7 Å². The van der Waals surface area contributed by atoms with E-state index in [0.717, 1.165) is 11.5 Å². The smallest absolute Gasteiger partial charge is 0.257 e. The summed E-state index contributed by atoms with van der Waals surface area (Å²) in [5, 5.41) is 2.59. The first kappa shape index (κ1) is 20.1. The second-order valence-electron chi connectivity index (χ2n) is 7.31. The minimum atomic E-state index is -3.34. The number of nitrogens with one attached hydrogen (secondary N) is 1. The Labute approximate surface area is 171 Å². The van der Waals surface area contributed by atoms with Crippen LogP contribution in [-0.4, -0.2) is 41.3 Å². The van der Waals surface area contributed by atoms with Crippen LogP contribution >= 0.6 is 11.5 Å². The summed E-state index contributed by atoms with van der Waals surface area (Å²) in [7, 11) is -3.34. The molecular formula is C19H19F2N3O3S2. The topological polar surface area (TPSA) is 89.0 Å². The predicted molar refractivity (Wildman–Crippen MR) is 106 cm³/mol. The van der Waals surface area contributed by atoms with Gasteiger partial charge in [-0.15, -0.1) is 0 Å². The predicted octanol–water partition coefficient (Wildman–Crippen LogP) is 3.58. The van der Waals surface area contributed by atoms with E-state index >= 15 is 0 Å². The summed E-state index contributed by atoms with van der Waals surface area (Å²) in [6, 6.07) is 6.05. The Morgan fingerprint density at radius 1 is 1.14 bits per heavy atom. The number of allylic oxidation sites excluding steroid dienone is 1. The lowest BCUT2D eigenvalue weighted by molar-refractivity contribution is -0.111. The Morgan fingerprint density at radius 3 is 2.34 bits per heavy atom. The molecule has 1 aromatic heterocycles. The Bertz CT molecular complexity index is 1010. The zero-order chi connectivity index (χ0) is 20.6. The molecule has 2 aliphatic carbocycles. The van der Waals surface area contributed by atoms with Crippen molar-refractivity contribution in [3.8, 4) is 0 Å². The molecule has 29 heavy (non-hydrogen) atoms. The summed E-state index contributed by atoms with van der Waals surface area (Å²) in [5.74, 6) is -0.915. The van der Waals surface area contributed by atoms with Gasteiger partial charge in [0, 0.05) is 17.1 Å². The molecule has 0 aliphatic heterocycles. The molecule has 1 aromatic carbocycles. The Morgan fingerprint density at radius 2 is 1.79 bits per heavy atom. The number of amides is 1. The molecule has 1 N–H and O–H groups in total. The standard InChI is InChI=1S/C19H19F2N3O3S2/c20-16-8-11(9-17(16)21)7-15(18(25)24-19-22-10-23-28-19)12-1-3-13(4-2-12)29(26,27)14-5-6-14/h1-4,7,10-11,14,16-17H,5-6,8-9H2,(H,22,23,24,25)/b15-7+. The molecular weight excluding hydrogens is 420 g/mol. The molecule has 2 saturated carbocycles. The highest BCUT2D eigenvalue weighted by atomic mass is 32.2. The van der Waals surface area contributed by atoms with Crippen molar-refractivity contribution in [3.05, 3.63) is 42.2 Å². The summed E-state index contributed by atoms with van der Waals surface area (Å²) in [6.45, 7) is 0. The monoisotopic (exact) mass is 439 g/mol. The van der Waals surface area contributed by atoms with Gasteiger partial charge in [0.05, 0.1) is 10.1 Å². The van der Waals surface area contributed by atoms with Crippen LogP contribution < -0.4 is 5.32 Å². The first-order chi connectivity index (χ1) is 13.8. The molecule has 0 bridgehead atoms. The van der Waals surface area contributed by atoms with Crippen molar-refractivity contribution in [2.45, 2.75) is 48.2 Å². The molecule has 1 heterocycles. The summed E-state index contributed by atoms with van der Waals surface area (Å²) in [4.78, 5) is 16.9. The van der Waals surface area contributed by atoms with E-state index < -0.39 is 34.0 Å². The number of carbonyl (C=O) groups is 1. The number of anilines is 1. The third-order valence-corrected chi connectivity index (χ3v) is 7.99. The first-order valence-electron chi connectivity index (χ1n) is 9.27. The number of rotatable bonds is 6. The lowest BCUT2D eigenvalue weighted by atomic mass is 9.98. The molecule has 6 nitrogen and oxygen atoms in total. The van der Waals surface area contributed by atoms with E-state index in [4.69, 9.17) is 0 Å². The minimum Gasteiger partial charge on any atom is -0.297 e. The van der Waals surface area contributed by atoms with Crippen LogP contribution in [0, 0.1) is 5.92 Å². The van der Waals surface area contributed by atoms with Crippen LogP contribution in [0.15, 0.2) is 41.6 Å². The molecule has 2 atom stereocenters. The number of halogens is 2. The second kappa shape index (κ2) is 7.91. The number of sulfone groups is 1. The highest BCUT2D eigenvalue weighted by Gasteiger charge is 2.37. The molecule has 154 valence electrons. The quantitative estimate of drug-likeness (QED) is 0.695. The van der Waals surface area contributed by atoms with Gasteiger partial charge in [-0.2, -0.15) is 4.37 Å². The van der Waals surface area contributed by atoms with Crippen LogP contribution in [0.2, 0.25) is 0 Å². The number of benzene rings is 1. The van der Waals surface area contributed by atoms with Gasteiger partial charge in [0.25, 0.3) is 5.91 Å². The van der Waals surface area contributed by atoms with Gasteiger partial charge in [0.1, 0.15) is 18.7 Å². The normalized spacial score (nSPS) is 25.2. The highest BCUT2D eigenvalue weighted by molar-refractivity contribution is 7.92. The molecule has 2 unspecified atom stereocenters. The van der Waals surface area contributed by atoms with E-state index in [1.165, 1.54) is 18.5 Å². The molecule has 1 amide bonds. The van der Waals surface area contributed by atoms with E-state index in [1.54, 1.807) is 18.2 Å². The maximum absolute atomic E-state index is 13.6. The van der Waals surface area contributed by atoms with Crippen molar-refractivity contribution in [1.82, 2.24) is 9.36 Å². The SMILES string of the molecule is O=C(Nc1ncns1)/C(=C/C1CC(F)C(F)C1)c1ccc(S(=O)(=O)C2CC2)cc1. The number of nitrogens with zero attached hydrogens (tertiary/aromatic N) is 2. The molecule has 2 aliphatic rings. The van der Waals surface area contributed by atoms with Crippen LogP contribution in [0.25, 0.3) is 5.57 Å². The molecule has 4 rings (SSSR count).